The lowest BCUT2D eigenvalue weighted by Gasteiger charge is -2.25. The highest BCUT2D eigenvalue weighted by molar-refractivity contribution is 7.10. The number of carbonyl (C=O) groups is 2. The molecular formula is C28H23NO4S. The first-order valence-corrected chi connectivity index (χ1v) is 12.0. The third-order valence-electron chi connectivity index (χ3n) is 5.88. The van der Waals surface area contributed by atoms with Gasteiger partial charge in [-0.15, -0.1) is 11.3 Å². The average molecular weight is 470 g/mol. The molecule has 6 heteroatoms. The average Bonchev–Trinajstić information content (AvgIpc) is 3.49. The lowest BCUT2D eigenvalue weighted by molar-refractivity contribution is -0.132. The zero-order valence-electron chi connectivity index (χ0n) is 18.6. The number of thiophene rings is 1. The molecule has 0 spiro atoms. The van der Waals surface area contributed by atoms with Crippen molar-refractivity contribution in [3.05, 3.63) is 100 Å². The van der Waals surface area contributed by atoms with Crippen LogP contribution in [0.4, 0.5) is 5.69 Å². The molecular weight excluding hydrogens is 446 g/mol. The van der Waals surface area contributed by atoms with Gasteiger partial charge in [-0.2, -0.15) is 0 Å². The molecule has 0 saturated carbocycles. The molecule has 1 fully saturated rings. The number of ketones is 1. The normalized spacial score (nSPS) is 17.4. The van der Waals surface area contributed by atoms with Gasteiger partial charge in [0.1, 0.15) is 17.6 Å². The lowest BCUT2D eigenvalue weighted by Crippen LogP contribution is -2.29. The lowest BCUT2D eigenvalue weighted by atomic mass is 9.99. The van der Waals surface area contributed by atoms with E-state index in [1.165, 1.54) is 16.2 Å². The fourth-order valence-corrected chi connectivity index (χ4v) is 5.12. The van der Waals surface area contributed by atoms with Crippen molar-refractivity contribution in [3.63, 3.8) is 0 Å². The van der Waals surface area contributed by atoms with Gasteiger partial charge in [-0.3, -0.25) is 14.5 Å². The zero-order valence-corrected chi connectivity index (χ0v) is 19.4. The number of benzene rings is 3. The molecule has 1 amide bonds. The number of carbonyl (C=O) groups excluding carboxylic acids is 2. The van der Waals surface area contributed by atoms with Gasteiger partial charge in [-0.05, 0) is 53.6 Å². The highest BCUT2D eigenvalue weighted by Crippen LogP contribution is 2.45. The van der Waals surface area contributed by atoms with E-state index in [1.807, 2.05) is 66.9 Å². The Morgan fingerprint density at radius 1 is 0.971 bits per heavy atom. The van der Waals surface area contributed by atoms with E-state index in [-0.39, 0.29) is 11.3 Å². The van der Waals surface area contributed by atoms with E-state index in [2.05, 4.69) is 0 Å². The van der Waals surface area contributed by atoms with E-state index in [4.69, 9.17) is 4.74 Å². The van der Waals surface area contributed by atoms with Crippen molar-refractivity contribution in [2.24, 2.45) is 0 Å². The maximum Gasteiger partial charge on any atom is 0.300 e. The summed E-state index contributed by atoms with van der Waals surface area (Å²) in [5.41, 5.74) is 1.19. The van der Waals surface area contributed by atoms with Crippen LogP contribution in [0.5, 0.6) is 5.75 Å². The van der Waals surface area contributed by atoms with Crippen LogP contribution in [0.2, 0.25) is 0 Å². The zero-order chi connectivity index (χ0) is 23.7. The Morgan fingerprint density at radius 3 is 2.47 bits per heavy atom. The fraction of sp³-hybridized carbons (Fsp3) is 0.143. The van der Waals surface area contributed by atoms with E-state index < -0.39 is 17.7 Å². The summed E-state index contributed by atoms with van der Waals surface area (Å²) >= 11 is 1.44. The molecule has 170 valence electrons. The van der Waals surface area contributed by atoms with Crippen LogP contribution >= 0.6 is 11.3 Å². The number of aliphatic hydroxyl groups excluding tert-OH is 1. The molecule has 1 aromatic heterocycles. The largest absolute Gasteiger partial charge is 0.507 e. The summed E-state index contributed by atoms with van der Waals surface area (Å²) in [6.07, 6.45) is 0.889. The monoisotopic (exact) mass is 469 g/mol. The van der Waals surface area contributed by atoms with E-state index in [0.29, 0.717) is 23.6 Å². The van der Waals surface area contributed by atoms with Crippen LogP contribution in [-0.4, -0.2) is 23.4 Å². The number of anilines is 1. The molecule has 5 rings (SSSR count). The van der Waals surface area contributed by atoms with E-state index >= 15 is 0 Å². The molecule has 1 aliphatic heterocycles. The van der Waals surface area contributed by atoms with Gasteiger partial charge in [-0.1, -0.05) is 49.4 Å². The molecule has 0 radical (unpaired) electrons. The predicted molar refractivity (Wildman–Crippen MR) is 135 cm³/mol. The number of rotatable bonds is 6. The number of fused-ring (bicyclic) bond motifs is 1. The van der Waals surface area contributed by atoms with Crippen molar-refractivity contribution in [1.29, 1.82) is 0 Å². The second-order valence-electron chi connectivity index (χ2n) is 8.06. The van der Waals surface area contributed by atoms with Crippen LogP contribution in [0.15, 0.2) is 89.8 Å². The molecule has 4 aromatic rings. The Bertz CT molecular complexity index is 1380. The molecule has 1 saturated heterocycles. The molecule has 5 nitrogen and oxygen atoms in total. The molecule has 2 heterocycles. The van der Waals surface area contributed by atoms with Gasteiger partial charge in [0.15, 0.2) is 0 Å². The molecule has 1 aliphatic rings. The number of ether oxygens (including phenoxy) is 1. The highest BCUT2D eigenvalue weighted by Gasteiger charge is 2.47. The minimum atomic E-state index is -0.721. The Labute approximate surface area is 201 Å². The van der Waals surface area contributed by atoms with Crippen molar-refractivity contribution in [3.8, 4) is 5.75 Å². The summed E-state index contributed by atoms with van der Waals surface area (Å²) in [5, 5.41) is 15.0. The SMILES string of the molecule is CCCOc1ccc(/C(O)=C2/C(=O)C(=O)N(c3cccc4ccccc34)C2c2cccs2)cc1. The number of hydrogen-bond acceptors (Lipinski definition) is 5. The first kappa shape index (κ1) is 21.9. The first-order valence-electron chi connectivity index (χ1n) is 11.2. The third-order valence-corrected chi connectivity index (χ3v) is 6.81. The molecule has 1 atom stereocenters. The van der Waals surface area contributed by atoms with E-state index in [1.54, 1.807) is 24.3 Å². The van der Waals surface area contributed by atoms with Crippen molar-refractivity contribution < 1.29 is 19.4 Å². The summed E-state index contributed by atoms with van der Waals surface area (Å²) in [6.45, 7) is 2.62. The van der Waals surface area contributed by atoms with Gasteiger partial charge in [-0.25, -0.2) is 0 Å². The number of Topliss-reactive ketones (excluding diaryl/α,β-unsaturated/α-hetero) is 1. The molecule has 3 aromatic carbocycles. The summed E-state index contributed by atoms with van der Waals surface area (Å²) in [4.78, 5) is 29.0. The van der Waals surface area contributed by atoms with Crippen LogP contribution in [0.25, 0.3) is 16.5 Å². The van der Waals surface area contributed by atoms with Gasteiger partial charge in [0.05, 0.1) is 17.9 Å². The predicted octanol–water partition coefficient (Wildman–Crippen LogP) is 6.32. The topological polar surface area (TPSA) is 66.8 Å². The van der Waals surface area contributed by atoms with Crippen molar-refractivity contribution >= 4 is 45.2 Å². The van der Waals surface area contributed by atoms with E-state index in [9.17, 15) is 14.7 Å². The Hall–Kier alpha value is -3.90. The Balaban J connectivity index is 1.66. The molecule has 34 heavy (non-hydrogen) atoms. The standard InChI is InChI=1S/C28H23NO4S/c1-2-16-33-20-14-12-19(13-15-20)26(30)24-25(23-11-6-17-34-23)29(28(32)27(24)31)22-10-5-8-18-7-3-4-9-21(18)22/h3-15,17,25,30H,2,16H2,1H3/b26-24-. The van der Waals surface area contributed by atoms with Crippen molar-refractivity contribution in [2.45, 2.75) is 19.4 Å². The van der Waals surface area contributed by atoms with Crippen LogP contribution in [0.1, 0.15) is 29.8 Å². The Kier molecular flexibility index (Phi) is 5.90. The summed E-state index contributed by atoms with van der Waals surface area (Å²) in [6, 6.07) is 23.4. The molecule has 1 unspecified atom stereocenters. The van der Waals surface area contributed by atoms with Crippen LogP contribution < -0.4 is 9.64 Å². The maximum absolute atomic E-state index is 13.4. The smallest absolute Gasteiger partial charge is 0.300 e. The van der Waals surface area contributed by atoms with E-state index in [0.717, 1.165) is 22.1 Å². The van der Waals surface area contributed by atoms with Crippen molar-refractivity contribution in [2.75, 3.05) is 11.5 Å². The summed E-state index contributed by atoms with van der Waals surface area (Å²) < 4.78 is 5.62. The first-order chi connectivity index (χ1) is 16.6. The minimum Gasteiger partial charge on any atom is -0.507 e. The highest BCUT2D eigenvalue weighted by atomic mass is 32.1. The van der Waals surface area contributed by atoms with Gasteiger partial charge >= 0.3 is 0 Å². The maximum atomic E-state index is 13.4. The van der Waals surface area contributed by atoms with Gasteiger partial charge in [0.2, 0.25) is 0 Å². The van der Waals surface area contributed by atoms with Gasteiger partial charge < -0.3 is 9.84 Å². The molecule has 0 bridgehead atoms. The second kappa shape index (κ2) is 9.15. The minimum absolute atomic E-state index is 0.0858. The number of aliphatic hydroxyl groups is 1. The number of nitrogens with zero attached hydrogens (tertiary/aromatic N) is 1. The quantitative estimate of drug-likeness (QED) is 0.204. The summed E-state index contributed by atoms with van der Waals surface area (Å²) in [7, 11) is 0. The second-order valence-corrected chi connectivity index (χ2v) is 9.03. The molecule has 1 N–H and O–H groups in total. The van der Waals surface area contributed by atoms with Gasteiger partial charge in [0, 0.05) is 15.8 Å². The van der Waals surface area contributed by atoms with Crippen molar-refractivity contribution in [1.82, 2.24) is 0 Å². The Morgan fingerprint density at radius 2 is 1.74 bits per heavy atom. The van der Waals surface area contributed by atoms with Crippen LogP contribution in [0, 0.1) is 0 Å². The van der Waals surface area contributed by atoms with Crippen LogP contribution in [0.3, 0.4) is 0 Å². The molecule has 0 aliphatic carbocycles. The van der Waals surface area contributed by atoms with Gasteiger partial charge in [0.25, 0.3) is 11.7 Å². The van der Waals surface area contributed by atoms with Crippen LogP contribution in [-0.2, 0) is 9.59 Å². The number of amides is 1. The number of hydrogen-bond donors (Lipinski definition) is 1. The fourth-order valence-electron chi connectivity index (χ4n) is 4.30. The third kappa shape index (κ3) is 3.76. The summed E-state index contributed by atoms with van der Waals surface area (Å²) in [5.74, 6) is -0.861.